The highest BCUT2D eigenvalue weighted by Gasteiger charge is 2.16. The van der Waals surface area contributed by atoms with Crippen molar-refractivity contribution in [2.75, 3.05) is 13.2 Å². The van der Waals surface area contributed by atoms with E-state index in [1.165, 1.54) is 122 Å². The van der Waals surface area contributed by atoms with Crippen molar-refractivity contribution in [3.63, 3.8) is 0 Å². The normalized spacial score (nSPS) is 12.2. The van der Waals surface area contributed by atoms with Crippen molar-refractivity contribution in [1.29, 1.82) is 0 Å². The van der Waals surface area contributed by atoms with Crippen LogP contribution in [0.5, 0.6) is 0 Å². The molecule has 1 atom stereocenters. The maximum atomic E-state index is 12.1. The summed E-state index contributed by atoms with van der Waals surface area (Å²) in [7, 11) is 0. The predicted octanol–water partition coefficient (Wildman–Crippen LogP) is 10.6. The molecule has 0 fully saturated rings. The molecule has 5 heteroatoms. The van der Waals surface area contributed by atoms with E-state index >= 15 is 0 Å². The van der Waals surface area contributed by atoms with Crippen LogP contribution < -0.4 is 0 Å². The van der Waals surface area contributed by atoms with Gasteiger partial charge in [-0.3, -0.25) is 9.59 Å². The largest absolute Gasteiger partial charge is 0.462 e. The van der Waals surface area contributed by atoms with Crippen molar-refractivity contribution < 1.29 is 24.2 Å². The SMILES string of the molecule is CCCCCCCC/C=C/CCCCCCCCCC(=O)O[C@@H](CO)COC(=O)CCCCCCCCCCCC. The fourth-order valence-corrected chi connectivity index (χ4v) is 5.08. The van der Waals surface area contributed by atoms with Crippen LogP contribution in [0.15, 0.2) is 12.2 Å². The van der Waals surface area contributed by atoms with Gasteiger partial charge in [0.1, 0.15) is 6.61 Å². The third-order valence-corrected chi connectivity index (χ3v) is 7.81. The number of hydrogen-bond acceptors (Lipinski definition) is 5. The first kappa shape index (κ1) is 39.6. The second-order valence-electron chi connectivity index (χ2n) is 12.0. The number of ether oxygens (including phenoxy) is 2. The Balaban J connectivity index is 3.54. The van der Waals surface area contributed by atoms with E-state index in [2.05, 4.69) is 26.0 Å². The van der Waals surface area contributed by atoms with Gasteiger partial charge in [0.15, 0.2) is 6.10 Å². The van der Waals surface area contributed by atoms with Crippen LogP contribution in [-0.2, 0) is 19.1 Å². The van der Waals surface area contributed by atoms with Crippen LogP contribution in [0.1, 0.15) is 187 Å². The highest BCUT2D eigenvalue weighted by molar-refractivity contribution is 5.70. The average Bonchev–Trinajstić information content (AvgIpc) is 2.97. The van der Waals surface area contributed by atoms with Crippen LogP contribution in [0.3, 0.4) is 0 Å². The van der Waals surface area contributed by atoms with Crippen LogP contribution >= 0.6 is 0 Å². The molecule has 0 aliphatic heterocycles. The Labute approximate surface area is 254 Å². The van der Waals surface area contributed by atoms with E-state index in [1.807, 2.05) is 0 Å². The van der Waals surface area contributed by atoms with Gasteiger partial charge >= 0.3 is 11.9 Å². The van der Waals surface area contributed by atoms with Gasteiger partial charge in [-0.2, -0.15) is 0 Å². The lowest BCUT2D eigenvalue weighted by Gasteiger charge is -2.15. The minimum absolute atomic E-state index is 0.0624. The first-order valence-corrected chi connectivity index (χ1v) is 17.7. The molecule has 0 bridgehead atoms. The van der Waals surface area contributed by atoms with Crippen LogP contribution in [0.2, 0.25) is 0 Å². The van der Waals surface area contributed by atoms with Gasteiger partial charge in [-0.15, -0.1) is 0 Å². The molecule has 0 amide bonds. The fraction of sp³-hybridized carbons (Fsp3) is 0.889. The quantitative estimate of drug-likeness (QED) is 0.0487. The summed E-state index contributed by atoms with van der Waals surface area (Å²) in [6.45, 7) is 4.11. The molecule has 0 aromatic rings. The summed E-state index contributed by atoms with van der Waals surface area (Å²) in [4.78, 5) is 24.1. The highest BCUT2D eigenvalue weighted by atomic mass is 16.6. The number of allylic oxidation sites excluding steroid dienone is 2. The van der Waals surface area contributed by atoms with Gasteiger partial charge in [0.25, 0.3) is 0 Å². The van der Waals surface area contributed by atoms with Gasteiger partial charge in [-0.05, 0) is 38.5 Å². The van der Waals surface area contributed by atoms with Gasteiger partial charge in [0.2, 0.25) is 0 Å². The minimum Gasteiger partial charge on any atom is -0.462 e. The smallest absolute Gasteiger partial charge is 0.306 e. The van der Waals surface area contributed by atoms with E-state index in [-0.39, 0.29) is 25.2 Å². The first-order valence-electron chi connectivity index (χ1n) is 17.7. The highest BCUT2D eigenvalue weighted by Crippen LogP contribution is 2.13. The predicted molar refractivity (Wildman–Crippen MR) is 173 cm³/mol. The second kappa shape index (κ2) is 33.1. The Kier molecular flexibility index (Phi) is 32.0. The molecule has 5 nitrogen and oxygen atoms in total. The zero-order chi connectivity index (χ0) is 30.1. The Morgan fingerprint density at radius 1 is 0.537 bits per heavy atom. The van der Waals surface area contributed by atoms with E-state index in [4.69, 9.17) is 9.47 Å². The zero-order valence-electron chi connectivity index (χ0n) is 27.3. The third-order valence-electron chi connectivity index (χ3n) is 7.81. The summed E-state index contributed by atoms with van der Waals surface area (Å²) in [5.41, 5.74) is 0. The molecule has 0 unspecified atom stereocenters. The fourth-order valence-electron chi connectivity index (χ4n) is 5.08. The van der Waals surface area contributed by atoms with Gasteiger partial charge in [-0.1, -0.05) is 148 Å². The number of carbonyl (C=O) groups is 2. The van der Waals surface area contributed by atoms with Crippen LogP contribution in [-0.4, -0.2) is 36.4 Å². The molecular weight excluding hydrogens is 512 g/mol. The Morgan fingerprint density at radius 2 is 0.902 bits per heavy atom. The molecule has 0 aliphatic carbocycles. The number of carbonyl (C=O) groups excluding carboxylic acids is 2. The maximum Gasteiger partial charge on any atom is 0.306 e. The van der Waals surface area contributed by atoms with Crippen LogP contribution in [0.25, 0.3) is 0 Å². The average molecular weight is 581 g/mol. The van der Waals surface area contributed by atoms with E-state index in [9.17, 15) is 14.7 Å². The number of aliphatic hydroxyl groups is 1. The lowest BCUT2D eigenvalue weighted by atomic mass is 10.1. The molecule has 0 aliphatic rings. The molecule has 242 valence electrons. The van der Waals surface area contributed by atoms with Gasteiger partial charge < -0.3 is 14.6 Å². The molecular formula is C36H68O5. The summed E-state index contributed by atoms with van der Waals surface area (Å²) >= 11 is 0. The molecule has 0 rings (SSSR count). The molecule has 0 aromatic heterocycles. The standard InChI is InChI=1S/C36H68O5/c1-3-5-7-9-11-13-15-16-17-18-19-20-21-23-25-27-29-31-36(39)41-34(32-37)33-40-35(38)30-28-26-24-22-14-12-10-8-6-4-2/h16-17,34,37H,3-15,18-33H2,1-2H3/b17-16+/t34-/m0/s1. The maximum absolute atomic E-state index is 12.1. The lowest BCUT2D eigenvalue weighted by Crippen LogP contribution is -2.28. The van der Waals surface area contributed by atoms with E-state index < -0.39 is 6.10 Å². The first-order chi connectivity index (χ1) is 20.1. The molecule has 0 saturated heterocycles. The van der Waals surface area contributed by atoms with Gasteiger partial charge in [-0.25, -0.2) is 0 Å². The zero-order valence-corrected chi connectivity index (χ0v) is 27.3. The molecule has 1 N–H and O–H groups in total. The van der Waals surface area contributed by atoms with Crippen molar-refractivity contribution in [3.05, 3.63) is 12.2 Å². The molecule has 0 aromatic carbocycles. The summed E-state index contributed by atoms with van der Waals surface area (Å²) < 4.78 is 10.5. The van der Waals surface area contributed by atoms with Crippen molar-refractivity contribution in [3.8, 4) is 0 Å². The molecule has 41 heavy (non-hydrogen) atoms. The third kappa shape index (κ3) is 31.4. The summed E-state index contributed by atoms with van der Waals surface area (Å²) in [5, 5.41) is 9.50. The van der Waals surface area contributed by atoms with Gasteiger partial charge in [0, 0.05) is 12.8 Å². The summed E-state index contributed by atoms with van der Waals surface area (Å²) in [6, 6.07) is 0. The van der Waals surface area contributed by atoms with E-state index in [1.54, 1.807) is 0 Å². The number of esters is 2. The van der Waals surface area contributed by atoms with Crippen molar-refractivity contribution in [1.82, 2.24) is 0 Å². The Bertz CT molecular complexity index is 589. The summed E-state index contributed by atoms with van der Waals surface area (Å²) in [6.07, 6.45) is 35.5. The molecule has 0 spiro atoms. The molecule has 0 heterocycles. The summed E-state index contributed by atoms with van der Waals surface area (Å²) in [5.74, 6) is -0.592. The van der Waals surface area contributed by atoms with Crippen LogP contribution in [0, 0.1) is 0 Å². The van der Waals surface area contributed by atoms with E-state index in [0.29, 0.717) is 12.8 Å². The minimum atomic E-state index is -0.765. The monoisotopic (exact) mass is 581 g/mol. The lowest BCUT2D eigenvalue weighted by molar-refractivity contribution is -0.161. The topological polar surface area (TPSA) is 72.8 Å². The number of hydrogen-bond donors (Lipinski definition) is 1. The van der Waals surface area contributed by atoms with Crippen molar-refractivity contribution >= 4 is 11.9 Å². The van der Waals surface area contributed by atoms with Gasteiger partial charge in [0.05, 0.1) is 6.61 Å². The number of aliphatic hydroxyl groups excluding tert-OH is 1. The Hall–Kier alpha value is -1.36. The second-order valence-corrected chi connectivity index (χ2v) is 12.0. The van der Waals surface area contributed by atoms with Crippen LogP contribution in [0.4, 0.5) is 0 Å². The number of rotatable bonds is 32. The van der Waals surface area contributed by atoms with E-state index in [0.717, 1.165) is 38.5 Å². The van der Waals surface area contributed by atoms with Crippen molar-refractivity contribution in [2.45, 2.75) is 193 Å². The number of unbranched alkanes of at least 4 members (excludes halogenated alkanes) is 22. The van der Waals surface area contributed by atoms with Crippen molar-refractivity contribution in [2.24, 2.45) is 0 Å². The molecule has 0 radical (unpaired) electrons. The molecule has 0 saturated carbocycles. The Morgan fingerprint density at radius 3 is 1.32 bits per heavy atom.